The molecule has 0 unspecified atom stereocenters. The lowest BCUT2D eigenvalue weighted by Crippen LogP contribution is -2.47. The van der Waals surface area contributed by atoms with Crippen LogP contribution in [0.3, 0.4) is 0 Å². The van der Waals surface area contributed by atoms with Crippen LogP contribution in [-0.2, 0) is 0 Å². The third kappa shape index (κ3) is 4.60. The van der Waals surface area contributed by atoms with Gasteiger partial charge in [0.25, 0.3) is 0 Å². The van der Waals surface area contributed by atoms with E-state index in [0.29, 0.717) is 17.2 Å². The largest absolute Gasteiger partial charge is 0.393 e. The topological polar surface area (TPSA) is 70.3 Å². The zero-order valence-electron chi connectivity index (χ0n) is 16.8. The fourth-order valence-corrected chi connectivity index (χ4v) is 4.12. The first-order chi connectivity index (χ1) is 14.2. The summed E-state index contributed by atoms with van der Waals surface area (Å²) in [6, 6.07) is 6.92. The molecule has 0 spiro atoms. The molecule has 2 aliphatic rings. The maximum atomic E-state index is 14.1. The molecule has 2 heterocycles. The van der Waals surface area contributed by atoms with Crippen LogP contribution in [0.15, 0.2) is 42.2 Å². The van der Waals surface area contributed by atoms with E-state index in [4.69, 9.17) is 5.73 Å². The van der Waals surface area contributed by atoms with Crippen molar-refractivity contribution >= 4 is 23.0 Å². The molecule has 7 heteroatoms. The van der Waals surface area contributed by atoms with E-state index in [1.165, 1.54) is 37.3 Å². The highest BCUT2D eigenvalue weighted by atomic mass is 19.1. The second-order valence-electron chi connectivity index (χ2n) is 7.67. The second kappa shape index (κ2) is 9.11. The molecule has 1 aliphatic heterocycles. The fraction of sp³-hybridized carbons (Fsp3) is 0.455. The van der Waals surface area contributed by atoms with Crippen LogP contribution in [0.25, 0.3) is 0 Å². The molecule has 1 aromatic heterocycles. The Hall–Kier alpha value is -2.83. The number of para-hydroxylation sites is 1. The van der Waals surface area contributed by atoms with E-state index >= 15 is 0 Å². The number of nitrogen functional groups attached to an aromatic ring is 1. The zero-order valence-corrected chi connectivity index (χ0v) is 16.8. The molecule has 0 radical (unpaired) electrons. The van der Waals surface area contributed by atoms with Crippen LogP contribution in [0.2, 0.25) is 0 Å². The average Bonchev–Trinajstić information content (AvgIpc) is 2.76. The van der Waals surface area contributed by atoms with Gasteiger partial charge in [0.2, 0.25) is 0 Å². The highest BCUT2D eigenvalue weighted by Gasteiger charge is 2.22. The molecule has 1 aliphatic carbocycles. The minimum Gasteiger partial charge on any atom is -0.393 e. The number of piperazine rings is 1. The Morgan fingerprint density at radius 1 is 1.03 bits per heavy atom. The highest BCUT2D eigenvalue weighted by molar-refractivity contribution is 5.75. The molecule has 0 saturated carbocycles. The van der Waals surface area contributed by atoms with E-state index in [9.17, 15) is 4.39 Å². The lowest BCUT2D eigenvalue weighted by Gasteiger charge is -2.37. The third-order valence-electron chi connectivity index (χ3n) is 5.76. The number of halogens is 1. The first kappa shape index (κ1) is 19.5. The number of nitrogens with one attached hydrogen (secondary N) is 1. The fourth-order valence-electron chi connectivity index (χ4n) is 4.12. The Morgan fingerprint density at radius 2 is 1.83 bits per heavy atom. The van der Waals surface area contributed by atoms with Gasteiger partial charge in [-0.25, -0.2) is 14.4 Å². The van der Waals surface area contributed by atoms with E-state index in [-0.39, 0.29) is 5.82 Å². The standard InChI is InChI=1S/C22H29FN6/c23-18-8-4-5-9-19(18)28-12-14-29(15-13-28)22-20(24)21(26-16-27-22)25-11-10-17-6-2-1-3-7-17/h4-6,8-9,16H,1-3,7,10-15,24H2,(H,25,26,27). The summed E-state index contributed by atoms with van der Waals surface area (Å²) >= 11 is 0. The quantitative estimate of drug-likeness (QED) is 0.724. The van der Waals surface area contributed by atoms with Crippen molar-refractivity contribution in [1.82, 2.24) is 9.97 Å². The summed E-state index contributed by atoms with van der Waals surface area (Å²) in [6.07, 6.45) is 9.98. The van der Waals surface area contributed by atoms with Crippen LogP contribution in [-0.4, -0.2) is 42.7 Å². The van der Waals surface area contributed by atoms with E-state index in [1.807, 2.05) is 12.1 Å². The summed E-state index contributed by atoms with van der Waals surface area (Å²) in [6.45, 7) is 3.75. The molecule has 0 atom stereocenters. The van der Waals surface area contributed by atoms with E-state index < -0.39 is 0 Å². The van der Waals surface area contributed by atoms with Crippen molar-refractivity contribution in [2.24, 2.45) is 0 Å². The number of hydrogen-bond donors (Lipinski definition) is 2. The average molecular weight is 397 g/mol. The third-order valence-corrected chi connectivity index (χ3v) is 5.76. The number of hydrogen-bond acceptors (Lipinski definition) is 6. The zero-order chi connectivity index (χ0) is 20.1. The van der Waals surface area contributed by atoms with Gasteiger partial charge in [-0.15, -0.1) is 0 Å². The Labute approximate surface area is 171 Å². The number of nitrogens with two attached hydrogens (primary N) is 1. The molecule has 1 aromatic carbocycles. The van der Waals surface area contributed by atoms with Gasteiger partial charge in [-0.3, -0.25) is 0 Å². The lowest BCUT2D eigenvalue weighted by atomic mass is 9.97. The van der Waals surface area contributed by atoms with Crippen molar-refractivity contribution < 1.29 is 4.39 Å². The van der Waals surface area contributed by atoms with E-state index in [2.05, 4.69) is 31.2 Å². The molecular weight excluding hydrogens is 367 g/mol. The first-order valence-electron chi connectivity index (χ1n) is 10.5. The molecule has 154 valence electrons. The normalized spacial score (nSPS) is 17.2. The molecule has 0 bridgehead atoms. The van der Waals surface area contributed by atoms with Gasteiger partial charge in [0.1, 0.15) is 17.8 Å². The summed E-state index contributed by atoms with van der Waals surface area (Å²) in [5.74, 6) is 1.28. The van der Waals surface area contributed by atoms with Gasteiger partial charge in [0, 0.05) is 32.7 Å². The van der Waals surface area contributed by atoms with Gasteiger partial charge < -0.3 is 20.9 Å². The van der Waals surface area contributed by atoms with Gasteiger partial charge in [0.05, 0.1) is 5.69 Å². The molecule has 1 saturated heterocycles. The molecular formula is C22H29FN6. The predicted molar refractivity (Wildman–Crippen MR) is 117 cm³/mol. The van der Waals surface area contributed by atoms with Gasteiger partial charge >= 0.3 is 0 Å². The second-order valence-corrected chi connectivity index (χ2v) is 7.67. The Kier molecular flexibility index (Phi) is 6.12. The van der Waals surface area contributed by atoms with Gasteiger partial charge in [0.15, 0.2) is 11.6 Å². The SMILES string of the molecule is Nc1c(NCCC2=CCCCC2)ncnc1N1CCN(c2ccccc2F)CC1. The number of allylic oxidation sites excluding steroid dienone is 1. The summed E-state index contributed by atoms with van der Waals surface area (Å²) in [7, 11) is 0. The van der Waals surface area contributed by atoms with E-state index in [1.54, 1.807) is 12.4 Å². The Bertz CT molecular complexity index is 860. The van der Waals surface area contributed by atoms with Crippen molar-refractivity contribution in [1.29, 1.82) is 0 Å². The van der Waals surface area contributed by atoms with Crippen molar-refractivity contribution in [3.8, 4) is 0 Å². The maximum absolute atomic E-state index is 14.1. The first-order valence-corrected chi connectivity index (χ1v) is 10.5. The van der Waals surface area contributed by atoms with Crippen LogP contribution in [0, 0.1) is 5.82 Å². The maximum Gasteiger partial charge on any atom is 0.157 e. The summed E-state index contributed by atoms with van der Waals surface area (Å²) in [5, 5.41) is 3.38. The highest BCUT2D eigenvalue weighted by Crippen LogP contribution is 2.29. The number of benzene rings is 1. The summed E-state index contributed by atoms with van der Waals surface area (Å²) < 4.78 is 14.1. The molecule has 1 fully saturated rings. The van der Waals surface area contributed by atoms with Gasteiger partial charge in [-0.05, 0) is 44.2 Å². The predicted octanol–water partition coefficient (Wildman–Crippen LogP) is 3.83. The summed E-state index contributed by atoms with van der Waals surface area (Å²) in [5.41, 5.74) is 9.16. The lowest BCUT2D eigenvalue weighted by molar-refractivity contribution is 0.596. The molecule has 29 heavy (non-hydrogen) atoms. The molecule has 0 amide bonds. The van der Waals surface area contributed by atoms with Crippen molar-refractivity contribution in [3.63, 3.8) is 0 Å². The number of rotatable bonds is 6. The van der Waals surface area contributed by atoms with Crippen LogP contribution < -0.4 is 20.9 Å². The Balaban J connectivity index is 1.36. The number of anilines is 4. The van der Waals surface area contributed by atoms with Crippen LogP contribution in [0.1, 0.15) is 32.1 Å². The van der Waals surface area contributed by atoms with Crippen molar-refractivity contribution in [2.45, 2.75) is 32.1 Å². The monoisotopic (exact) mass is 396 g/mol. The molecule has 3 N–H and O–H groups in total. The summed E-state index contributed by atoms with van der Waals surface area (Å²) in [4.78, 5) is 13.0. The van der Waals surface area contributed by atoms with Crippen molar-refractivity contribution in [2.75, 3.05) is 53.6 Å². The van der Waals surface area contributed by atoms with E-state index in [0.717, 1.165) is 45.0 Å². The van der Waals surface area contributed by atoms with Crippen LogP contribution >= 0.6 is 0 Å². The molecule has 6 nitrogen and oxygen atoms in total. The minimum absolute atomic E-state index is 0.179. The van der Waals surface area contributed by atoms with Gasteiger partial charge in [-0.1, -0.05) is 23.8 Å². The number of aromatic nitrogens is 2. The van der Waals surface area contributed by atoms with Crippen LogP contribution in [0.5, 0.6) is 0 Å². The van der Waals surface area contributed by atoms with Crippen molar-refractivity contribution in [3.05, 3.63) is 48.1 Å². The molecule has 2 aromatic rings. The molecule has 4 rings (SSSR count). The van der Waals surface area contributed by atoms with Crippen LogP contribution in [0.4, 0.5) is 27.4 Å². The smallest absolute Gasteiger partial charge is 0.157 e. The van der Waals surface area contributed by atoms with Gasteiger partial charge in [-0.2, -0.15) is 0 Å². The number of nitrogens with zero attached hydrogens (tertiary/aromatic N) is 4. The minimum atomic E-state index is -0.179. The Morgan fingerprint density at radius 3 is 2.59 bits per heavy atom.